The van der Waals surface area contributed by atoms with E-state index in [-0.39, 0.29) is 10.6 Å². The number of allylic oxidation sites excluding steroid dienone is 2. The lowest BCUT2D eigenvalue weighted by Gasteiger charge is -2.56. The lowest BCUT2D eigenvalue weighted by Crippen LogP contribution is -2.48. The summed E-state index contributed by atoms with van der Waals surface area (Å²) >= 11 is 12.7. The molecule has 4 fully saturated rings. The van der Waals surface area contributed by atoms with Crippen LogP contribution in [0.1, 0.15) is 44.6 Å². The van der Waals surface area contributed by atoms with Gasteiger partial charge < -0.3 is 5.11 Å². The Hall–Kier alpha value is -0.660. The van der Waals surface area contributed by atoms with Crippen molar-refractivity contribution < 1.29 is 5.11 Å². The number of phenolic OH excluding ortho intramolecular Hbond substituents is 1. The molecular formula is C18H20Cl2O. The normalized spacial score (nSPS) is 37.1. The molecule has 5 rings (SSSR count). The molecule has 3 heteroatoms. The highest BCUT2D eigenvalue weighted by Gasteiger charge is 2.52. The number of alkyl halides is 1. The summed E-state index contributed by atoms with van der Waals surface area (Å²) in [5, 5.41) is 10.3. The van der Waals surface area contributed by atoms with Gasteiger partial charge in [0, 0.05) is 4.87 Å². The Bertz CT molecular complexity index is 616. The van der Waals surface area contributed by atoms with E-state index >= 15 is 0 Å². The maximum absolute atomic E-state index is 9.86. The third-order valence-electron chi connectivity index (χ3n) is 5.81. The number of rotatable bonds is 1. The van der Waals surface area contributed by atoms with E-state index in [1.54, 1.807) is 17.7 Å². The molecule has 0 heterocycles. The first-order valence-corrected chi connectivity index (χ1v) is 8.59. The molecule has 0 radical (unpaired) electrons. The molecule has 0 saturated heterocycles. The van der Waals surface area contributed by atoms with E-state index in [4.69, 9.17) is 23.2 Å². The van der Waals surface area contributed by atoms with Gasteiger partial charge in [0.25, 0.3) is 0 Å². The highest BCUT2D eigenvalue weighted by Crippen LogP contribution is 2.61. The quantitative estimate of drug-likeness (QED) is 0.663. The van der Waals surface area contributed by atoms with Crippen molar-refractivity contribution in [1.29, 1.82) is 0 Å². The van der Waals surface area contributed by atoms with Crippen molar-refractivity contribution >= 4 is 28.8 Å². The molecule has 4 aliphatic rings. The molecule has 2 unspecified atom stereocenters. The number of hydrogen-bond donors (Lipinski definition) is 1. The second kappa shape index (κ2) is 4.67. The monoisotopic (exact) mass is 322 g/mol. The van der Waals surface area contributed by atoms with Crippen molar-refractivity contribution in [3.8, 4) is 5.75 Å². The van der Waals surface area contributed by atoms with Crippen LogP contribution in [-0.2, 0) is 0 Å². The first kappa shape index (κ1) is 14.0. The van der Waals surface area contributed by atoms with Crippen LogP contribution in [0.15, 0.2) is 23.8 Å². The standard InChI is InChI=1S/C18H20Cl2O/c1-10(12-2-3-15(19)16(21)6-12)17-13-4-11-5-14(17)9-18(20,7-11)8-13/h2-3,6,11,13-14,21H,4-5,7-9H2,1H3. The van der Waals surface area contributed by atoms with E-state index in [1.165, 1.54) is 24.8 Å². The average Bonchev–Trinajstić information content (AvgIpc) is 2.39. The average molecular weight is 323 g/mol. The van der Waals surface area contributed by atoms with Gasteiger partial charge in [0.05, 0.1) is 5.02 Å². The molecule has 1 aromatic rings. The summed E-state index contributed by atoms with van der Waals surface area (Å²) in [5.41, 5.74) is 4.03. The predicted molar refractivity (Wildman–Crippen MR) is 87.8 cm³/mol. The molecule has 0 aliphatic heterocycles. The molecule has 112 valence electrons. The van der Waals surface area contributed by atoms with Crippen LogP contribution >= 0.6 is 23.2 Å². The van der Waals surface area contributed by atoms with Gasteiger partial charge >= 0.3 is 0 Å². The van der Waals surface area contributed by atoms with Crippen LogP contribution in [-0.4, -0.2) is 9.98 Å². The Labute approximate surface area is 136 Å². The third-order valence-corrected chi connectivity index (χ3v) is 6.59. The Balaban J connectivity index is 1.76. The molecule has 0 spiro atoms. The Morgan fingerprint density at radius 1 is 1.19 bits per heavy atom. The lowest BCUT2D eigenvalue weighted by molar-refractivity contribution is 0.0875. The summed E-state index contributed by atoms with van der Waals surface area (Å²) in [4.78, 5) is 0.0718. The van der Waals surface area contributed by atoms with E-state index in [1.807, 2.05) is 6.07 Å². The number of halogens is 2. The summed E-state index contributed by atoms with van der Waals surface area (Å²) in [7, 11) is 0. The molecule has 0 amide bonds. The van der Waals surface area contributed by atoms with Gasteiger partial charge in [0.15, 0.2) is 0 Å². The molecule has 1 N–H and O–H groups in total. The van der Waals surface area contributed by atoms with E-state index in [0.29, 0.717) is 16.9 Å². The van der Waals surface area contributed by atoms with Crippen LogP contribution in [0, 0.1) is 17.8 Å². The third kappa shape index (κ3) is 2.21. The fourth-order valence-electron chi connectivity index (χ4n) is 5.22. The Morgan fingerprint density at radius 3 is 2.43 bits per heavy atom. The van der Waals surface area contributed by atoms with Gasteiger partial charge in [-0.2, -0.15) is 0 Å². The summed E-state index contributed by atoms with van der Waals surface area (Å²) in [5.74, 6) is 2.29. The maximum atomic E-state index is 9.86. The van der Waals surface area contributed by atoms with E-state index < -0.39 is 0 Å². The van der Waals surface area contributed by atoms with E-state index in [9.17, 15) is 5.11 Å². The van der Waals surface area contributed by atoms with Crippen molar-refractivity contribution in [3.63, 3.8) is 0 Å². The molecule has 4 bridgehead atoms. The summed E-state index contributed by atoms with van der Waals surface area (Å²) in [6, 6.07) is 5.60. The molecule has 1 nitrogen and oxygen atoms in total. The predicted octanol–water partition coefficient (Wildman–Crippen LogP) is 5.64. The zero-order chi connectivity index (χ0) is 14.8. The van der Waals surface area contributed by atoms with Crippen LogP contribution in [0.3, 0.4) is 0 Å². The molecule has 0 aromatic heterocycles. The van der Waals surface area contributed by atoms with Crippen molar-refractivity contribution in [1.82, 2.24) is 0 Å². The SMILES string of the molecule is CC(=C1C2CC3CC1CC(Cl)(C3)C2)c1ccc(Cl)c(O)c1. The second-order valence-corrected chi connectivity index (χ2v) is 8.45. The number of phenols is 1. The van der Waals surface area contributed by atoms with Gasteiger partial charge in [-0.3, -0.25) is 0 Å². The van der Waals surface area contributed by atoms with Crippen molar-refractivity contribution in [2.45, 2.75) is 43.9 Å². The first-order chi connectivity index (χ1) is 9.95. The van der Waals surface area contributed by atoms with Crippen molar-refractivity contribution in [2.75, 3.05) is 0 Å². The van der Waals surface area contributed by atoms with Crippen molar-refractivity contribution in [3.05, 3.63) is 34.4 Å². The van der Waals surface area contributed by atoms with Crippen LogP contribution in [0.25, 0.3) is 5.57 Å². The molecular weight excluding hydrogens is 303 g/mol. The summed E-state index contributed by atoms with van der Waals surface area (Å²) in [6.45, 7) is 2.20. The second-order valence-electron chi connectivity index (χ2n) is 7.24. The molecule has 1 aromatic carbocycles. The number of aromatic hydroxyl groups is 1. The fraction of sp³-hybridized carbons (Fsp3) is 0.556. The van der Waals surface area contributed by atoms with Gasteiger partial charge in [0.2, 0.25) is 0 Å². The van der Waals surface area contributed by atoms with Crippen LogP contribution in [0.5, 0.6) is 5.75 Å². The van der Waals surface area contributed by atoms with Gasteiger partial charge in [0.1, 0.15) is 5.75 Å². The van der Waals surface area contributed by atoms with Crippen LogP contribution in [0.2, 0.25) is 5.02 Å². The number of benzene rings is 1. The minimum absolute atomic E-state index is 0.0718. The fourth-order valence-corrected chi connectivity index (χ4v) is 5.93. The maximum Gasteiger partial charge on any atom is 0.134 e. The van der Waals surface area contributed by atoms with Gasteiger partial charge in [-0.05, 0) is 80.1 Å². The first-order valence-electron chi connectivity index (χ1n) is 7.84. The minimum Gasteiger partial charge on any atom is -0.506 e. The topological polar surface area (TPSA) is 20.2 Å². The lowest BCUT2D eigenvalue weighted by atomic mass is 9.53. The summed E-state index contributed by atoms with van der Waals surface area (Å²) in [6.07, 6.45) is 6.09. The zero-order valence-corrected chi connectivity index (χ0v) is 13.7. The zero-order valence-electron chi connectivity index (χ0n) is 12.2. The van der Waals surface area contributed by atoms with Crippen LogP contribution < -0.4 is 0 Å². The van der Waals surface area contributed by atoms with Gasteiger partial charge in [-0.15, -0.1) is 11.6 Å². The van der Waals surface area contributed by atoms with E-state index in [0.717, 1.165) is 24.3 Å². The molecule has 2 atom stereocenters. The van der Waals surface area contributed by atoms with Gasteiger partial charge in [-0.25, -0.2) is 0 Å². The minimum atomic E-state index is 0.0718. The largest absolute Gasteiger partial charge is 0.506 e. The number of hydrogen-bond acceptors (Lipinski definition) is 1. The Kier molecular flexibility index (Phi) is 3.10. The molecule has 4 saturated carbocycles. The highest BCUT2D eigenvalue weighted by atomic mass is 35.5. The van der Waals surface area contributed by atoms with Crippen molar-refractivity contribution in [2.24, 2.45) is 17.8 Å². The van der Waals surface area contributed by atoms with E-state index in [2.05, 4.69) is 6.92 Å². The summed E-state index contributed by atoms with van der Waals surface area (Å²) < 4.78 is 0. The molecule has 4 aliphatic carbocycles. The van der Waals surface area contributed by atoms with Gasteiger partial charge in [-0.1, -0.05) is 23.2 Å². The smallest absolute Gasteiger partial charge is 0.134 e. The highest BCUT2D eigenvalue weighted by molar-refractivity contribution is 6.32. The molecule has 21 heavy (non-hydrogen) atoms. The Morgan fingerprint density at radius 2 is 1.86 bits per heavy atom. The van der Waals surface area contributed by atoms with Crippen LogP contribution in [0.4, 0.5) is 0 Å².